The number of thiazole rings is 1. The molecular formula is C21H25N5O2S2. The Morgan fingerprint density at radius 1 is 1.10 bits per heavy atom. The second kappa shape index (κ2) is 8.11. The smallest absolute Gasteiger partial charge is 0.346 e. The van der Waals surface area contributed by atoms with Crippen molar-refractivity contribution in [3.63, 3.8) is 0 Å². The third kappa shape index (κ3) is 3.54. The number of carbonyl (C=O) groups is 2. The summed E-state index contributed by atoms with van der Waals surface area (Å²) in [6.07, 6.45) is 9.69. The molecule has 7 nitrogen and oxygen atoms in total. The lowest BCUT2D eigenvalue weighted by molar-refractivity contribution is -0.132. The van der Waals surface area contributed by atoms with E-state index in [0.717, 1.165) is 57.9 Å². The van der Waals surface area contributed by atoms with Gasteiger partial charge in [-0.1, -0.05) is 36.7 Å². The maximum Gasteiger partial charge on any atom is 0.346 e. The van der Waals surface area contributed by atoms with Crippen molar-refractivity contribution in [3.05, 3.63) is 22.4 Å². The van der Waals surface area contributed by atoms with Crippen molar-refractivity contribution >= 4 is 46.0 Å². The van der Waals surface area contributed by atoms with Crippen LogP contribution in [-0.2, 0) is 4.79 Å². The zero-order valence-electron chi connectivity index (χ0n) is 16.8. The largest absolute Gasteiger partial charge is 0.348 e. The van der Waals surface area contributed by atoms with E-state index < -0.39 is 11.6 Å². The molecule has 0 bridgehead atoms. The van der Waals surface area contributed by atoms with Gasteiger partial charge >= 0.3 is 6.03 Å². The van der Waals surface area contributed by atoms with Gasteiger partial charge in [0, 0.05) is 13.1 Å². The van der Waals surface area contributed by atoms with Gasteiger partial charge in [0.05, 0.1) is 16.0 Å². The van der Waals surface area contributed by atoms with Crippen LogP contribution in [0.2, 0.25) is 0 Å². The maximum atomic E-state index is 13.0. The van der Waals surface area contributed by atoms with Crippen molar-refractivity contribution in [2.24, 2.45) is 5.10 Å². The number of urea groups is 1. The molecule has 2 saturated heterocycles. The minimum Gasteiger partial charge on any atom is -0.348 e. The number of nitrogens with one attached hydrogen (secondary N) is 1. The monoisotopic (exact) mass is 443 g/mol. The van der Waals surface area contributed by atoms with Crippen LogP contribution < -0.4 is 10.2 Å². The molecule has 30 heavy (non-hydrogen) atoms. The van der Waals surface area contributed by atoms with E-state index in [4.69, 9.17) is 4.98 Å². The number of rotatable bonds is 4. The fraction of sp³-hybridized carbons (Fsp3) is 0.524. The molecule has 3 fully saturated rings. The van der Waals surface area contributed by atoms with Gasteiger partial charge in [0.2, 0.25) is 0 Å². The Morgan fingerprint density at radius 2 is 1.87 bits per heavy atom. The standard InChI is InChI=1S/C21H25N5O2S2/c27-18-21(9-3-1-4-10-21)24-19(28)26(18)22-14-16-17(15-8-7-13-29-15)23-20(30-16)25-11-5-2-6-12-25/h7-8,13-14H,1-6,9-12H2,(H,24,28). The molecule has 0 radical (unpaired) electrons. The van der Waals surface area contributed by atoms with E-state index in [9.17, 15) is 9.59 Å². The quantitative estimate of drug-likeness (QED) is 0.559. The lowest BCUT2D eigenvalue weighted by Gasteiger charge is -2.29. The highest BCUT2D eigenvalue weighted by molar-refractivity contribution is 7.18. The number of hydrogen-bond donors (Lipinski definition) is 1. The highest BCUT2D eigenvalue weighted by atomic mass is 32.1. The van der Waals surface area contributed by atoms with Crippen LogP contribution in [0, 0.1) is 0 Å². The molecule has 9 heteroatoms. The van der Waals surface area contributed by atoms with Gasteiger partial charge < -0.3 is 10.2 Å². The minimum atomic E-state index is -0.754. The zero-order chi connectivity index (χ0) is 20.6. The molecule has 0 atom stereocenters. The summed E-state index contributed by atoms with van der Waals surface area (Å²) >= 11 is 3.21. The zero-order valence-corrected chi connectivity index (χ0v) is 18.4. The molecule has 1 N–H and O–H groups in total. The molecule has 1 spiro atoms. The summed E-state index contributed by atoms with van der Waals surface area (Å²) in [6.45, 7) is 2.03. The van der Waals surface area contributed by atoms with E-state index in [2.05, 4.69) is 15.3 Å². The number of hydrogen-bond acceptors (Lipinski definition) is 7. The molecule has 5 rings (SSSR count). The molecule has 2 aromatic rings. The molecule has 1 saturated carbocycles. The van der Waals surface area contributed by atoms with E-state index in [1.54, 1.807) is 28.9 Å². The number of carbonyl (C=O) groups excluding carboxylic acids is 2. The summed E-state index contributed by atoms with van der Waals surface area (Å²) in [5, 5.41) is 11.3. The Morgan fingerprint density at radius 3 is 2.60 bits per heavy atom. The number of hydrazone groups is 1. The Balaban J connectivity index is 1.43. The van der Waals surface area contributed by atoms with Gasteiger partial charge in [0.1, 0.15) is 11.2 Å². The summed E-state index contributed by atoms with van der Waals surface area (Å²) < 4.78 is 0. The summed E-state index contributed by atoms with van der Waals surface area (Å²) in [4.78, 5) is 34.7. The molecule has 1 aliphatic carbocycles. The summed E-state index contributed by atoms with van der Waals surface area (Å²) in [5.41, 5.74) is 0.120. The first-order valence-corrected chi connectivity index (χ1v) is 12.4. The highest BCUT2D eigenvalue weighted by Gasteiger charge is 2.51. The number of nitrogens with zero attached hydrogens (tertiary/aromatic N) is 4. The first kappa shape index (κ1) is 19.7. The highest BCUT2D eigenvalue weighted by Crippen LogP contribution is 2.36. The first-order valence-electron chi connectivity index (χ1n) is 10.7. The number of anilines is 1. The Labute approximate surface area is 183 Å². The van der Waals surface area contributed by atoms with Crippen molar-refractivity contribution in [2.45, 2.75) is 56.9 Å². The normalized spacial score (nSPS) is 21.7. The molecule has 3 amide bonds. The Kier molecular flexibility index (Phi) is 5.32. The predicted molar refractivity (Wildman–Crippen MR) is 120 cm³/mol. The van der Waals surface area contributed by atoms with Crippen LogP contribution in [0.4, 0.5) is 9.93 Å². The molecule has 158 valence electrons. The Hall–Kier alpha value is -2.26. The van der Waals surface area contributed by atoms with E-state index >= 15 is 0 Å². The Bertz CT molecular complexity index is 956. The number of piperidine rings is 1. The second-order valence-electron chi connectivity index (χ2n) is 8.17. The lowest BCUT2D eigenvalue weighted by atomic mass is 9.82. The molecular weight excluding hydrogens is 418 g/mol. The van der Waals surface area contributed by atoms with Gasteiger partial charge in [0.25, 0.3) is 5.91 Å². The number of imide groups is 1. The van der Waals surface area contributed by atoms with E-state index in [0.29, 0.717) is 12.8 Å². The maximum absolute atomic E-state index is 13.0. The fourth-order valence-electron chi connectivity index (χ4n) is 4.53. The van der Waals surface area contributed by atoms with Crippen LogP contribution in [0.25, 0.3) is 10.6 Å². The SMILES string of the molecule is O=C1NC2(CCCCC2)C(=O)N1N=Cc1sc(N2CCCCC2)nc1-c1cccs1. The van der Waals surface area contributed by atoms with Crippen molar-refractivity contribution < 1.29 is 9.59 Å². The molecule has 3 aliphatic rings. The molecule has 4 heterocycles. The average Bonchev–Trinajstić information content (AvgIpc) is 3.49. The van der Waals surface area contributed by atoms with E-state index in [1.165, 1.54) is 19.3 Å². The van der Waals surface area contributed by atoms with Crippen molar-refractivity contribution in [2.75, 3.05) is 18.0 Å². The first-order chi connectivity index (χ1) is 14.7. The molecule has 0 unspecified atom stereocenters. The van der Waals surface area contributed by atoms with Crippen LogP contribution in [0.15, 0.2) is 22.6 Å². The molecule has 2 aromatic heterocycles. The van der Waals surface area contributed by atoms with Gasteiger partial charge in [-0.05, 0) is 43.6 Å². The van der Waals surface area contributed by atoms with Crippen LogP contribution in [0.5, 0.6) is 0 Å². The van der Waals surface area contributed by atoms with Crippen LogP contribution in [0.1, 0.15) is 56.2 Å². The second-order valence-corrected chi connectivity index (χ2v) is 10.1. The fourth-order valence-corrected chi connectivity index (χ4v) is 6.32. The third-order valence-corrected chi connectivity index (χ3v) is 8.09. The topological polar surface area (TPSA) is 77.9 Å². The predicted octanol–water partition coefficient (Wildman–Crippen LogP) is 4.45. The van der Waals surface area contributed by atoms with Gasteiger partial charge in [-0.15, -0.1) is 16.3 Å². The molecule has 2 aliphatic heterocycles. The van der Waals surface area contributed by atoms with Crippen LogP contribution >= 0.6 is 22.7 Å². The lowest BCUT2D eigenvalue weighted by Crippen LogP contribution is -2.48. The number of amides is 3. The van der Waals surface area contributed by atoms with Crippen molar-refractivity contribution in [1.82, 2.24) is 15.3 Å². The average molecular weight is 444 g/mol. The van der Waals surface area contributed by atoms with Gasteiger partial charge in [-0.25, -0.2) is 9.78 Å². The third-order valence-electron chi connectivity index (χ3n) is 6.16. The molecule has 0 aromatic carbocycles. The van der Waals surface area contributed by atoms with Crippen molar-refractivity contribution in [3.8, 4) is 10.6 Å². The summed E-state index contributed by atoms with van der Waals surface area (Å²) in [6, 6.07) is 3.63. The van der Waals surface area contributed by atoms with E-state index in [1.807, 2.05) is 17.5 Å². The van der Waals surface area contributed by atoms with Crippen LogP contribution in [0.3, 0.4) is 0 Å². The van der Waals surface area contributed by atoms with E-state index in [-0.39, 0.29) is 5.91 Å². The number of aromatic nitrogens is 1. The van der Waals surface area contributed by atoms with Gasteiger partial charge in [-0.3, -0.25) is 4.79 Å². The minimum absolute atomic E-state index is 0.220. The summed E-state index contributed by atoms with van der Waals surface area (Å²) in [7, 11) is 0. The number of thiophene rings is 1. The van der Waals surface area contributed by atoms with Gasteiger partial charge in [0.15, 0.2) is 5.13 Å². The van der Waals surface area contributed by atoms with Gasteiger partial charge in [-0.2, -0.15) is 5.10 Å². The summed E-state index contributed by atoms with van der Waals surface area (Å²) in [5.74, 6) is -0.220. The van der Waals surface area contributed by atoms with Crippen molar-refractivity contribution in [1.29, 1.82) is 0 Å². The van der Waals surface area contributed by atoms with Crippen LogP contribution in [-0.4, -0.2) is 46.8 Å².